The van der Waals surface area contributed by atoms with Crippen LogP contribution in [0.15, 0.2) is 58.1 Å². The number of halogens is 2. The average Bonchev–Trinajstić information content (AvgIpc) is 3.28. The van der Waals surface area contributed by atoms with Gasteiger partial charge in [-0.25, -0.2) is 13.6 Å². The minimum atomic E-state index is -0.552. The zero-order valence-corrected chi connectivity index (χ0v) is 16.4. The molecule has 0 radical (unpaired) electrons. The summed E-state index contributed by atoms with van der Waals surface area (Å²) >= 11 is 5.99. The highest BCUT2D eigenvalue weighted by atomic mass is 35.5. The molecule has 2 aromatic carbocycles. The van der Waals surface area contributed by atoms with Gasteiger partial charge in [-0.2, -0.15) is 0 Å². The minimum absolute atomic E-state index is 0.243. The third-order valence-corrected chi connectivity index (χ3v) is 5.25. The molecule has 0 aliphatic carbocycles. The quantitative estimate of drug-likeness (QED) is 0.482. The van der Waals surface area contributed by atoms with Crippen LogP contribution in [-0.2, 0) is 13.6 Å². The molecule has 0 aliphatic heterocycles. The minimum Gasteiger partial charge on any atom is -0.298 e. The molecule has 3 heterocycles. The summed E-state index contributed by atoms with van der Waals surface area (Å²) in [7, 11) is 1.56. The van der Waals surface area contributed by atoms with Gasteiger partial charge >= 0.3 is 5.69 Å². The van der Waals surface area contributed by atoms with Crippen molar-refractivity contribution in [3.05, 3.63) is 85.8 Å². The van der Waals surface area contributed by atoms with Crippen molar-refractivity contribution < 1.29 is 4.39 Å². The lowest BCUT2D eigenvalue weighted by Gasteiger charge is -2.05. The van der Waals surface area contributed by atoms with Crippen molar-refractivity contribution in [3.8, 4) is 11.4 Å². The third-order valence-electron chi connectivity index (χ3n) is 5.00. The molecule has 0 unspecified atom stereocenters. The van der Waals surface area contributed by atoms with Gasteiger partial charge in [0.15, 0.2) is 17.0 Å². The number of nitrogens with one attached hydrogen (secondary N) is 1. The highest BCUT2D eigenvalue weighted by molar-refractivity contribution is 6.30. The summed E-state index contributed by atoms with van der Waals surface area (Å²) in [6.07, 6.45) is 0. The molecule has 0 saturated heterocycles. The number of rotatable bonds is 3. The van der Waals surface area contributed by atoms with Crippen LogP contribution in [0.2, 0.25) is 5.02 Å². The van der Waals surface area contributed by atoms with E-state index >= 15 is 0 Å². The predicted molar refractivity (Wildman–Crippen MR) is 110 cm³/mol. The van der Waals surface area contributed by atoms with Crippen LogP contribution in [0.5, 0.6) is 0 Å². The summed E-state index contributed by atoms with van der Waals surface area (Å²) in [6.45, 7) is 0.243. The van der Waals surface area contributed by atoms with Gasteiger partial charge < -0.3 is 0 Å². The van der Waals surface area contributed by atoms with Gasteiger partial charge in [-0.15, -0.1) is 10.2 Å². The van der Waals surface area contributed by atoms with Crippen LogP contribution in [0, 0.1) is 5.82 Å². The third kappa shape index (κ3) is 2.74. The van der Waals surface area contributed by atoms with Crippen molar-refractivity contribution in [2.24, 2.45) is 7.05 Å². The molecule has 0 amide bonds. The molecule has 0 saturated carbocycles. The van der Waals surface area contributed by atoms with Crippen LogP contribution in [0.25, 0.3) is 28.3 Å². The van der Waals surface area contributed by atoms with E-state index in [4.69, 9.17) is 11.6 Å². The first-order chi connectivity index (χ1) is 14.4. The van der Waals surface area contributed by atoms with Crippen LogP contribution < -0.4 is 11.2 Å². The number of H-pyrrole nitrogens is 1. The first-order valence-corrected chi connectivity index (χ1v) is 9.39. The van der Waals surface area contributed by atoms with Crippen molar-refractivity contribution in [2.45, 2.75) is 6.54 Å². The lowest BCUT2D eigenvalue weighted by Crippen LogP contribution is -2.29. The Kier molecular flexibility index (Phi) is 4.07. The summed E-state index contributed by atoms with van der Waals surface area (Å²) in [6, 6.07) is 13.0. The van der Waals surface area contributed by atoms with E-state index < -0.39 is 11.2 Å². The maximum atomic E-state index is 13.3. The van der Waals surface area contributed by atoms with Crippen LogP contribution in [0.1, 0.15) is 5.56 Å². The number of aromatic amines is 1. The summed E-state index contributed by atoms with van der Waals surface area (Å²) in [5.74, 6) is 0.491. The molecule has 30 heavy (non-hydrogen) atoms. The molecule has 8 nitrogen and oxygen atoms in total. The van der Waals surface area contributed by atoms with Crippen molar-refractivity contribution >= 4 is 28.5 Å². The molecule has 0 aliphatic rings. The van der Waals surface area contributed by atoms with E-state index in [1.165, 1.54) is 16.7 Å². The highest BCUT2D eigenvalue weighted by Gasteiger charge is 2.23. The molecule has 10 heteroatoms. The Balaban J connectivity index is 1.86. The first-order valence-electron chi connectivity index (χ1n) is 9.01. The predicted octanol–water partition coefficient (Wildman–Crippen LogP) is 2.58. The van der Waals surface area contributed by atoms with Gasteiger partial charge in [-0.05, 0) is 42.0 Å². The number of nitrogens with zero attached hydrogens (tertiary/aromatic N) is 5. The van der Waals surface area contributed by atoms with Gasteiger partial charge in [-0.3, -0.25) is 18.9 Å². The van der Waals surface area contributed by atoms with Crippen LogP contribution in [0.4, 0.5) is 4.39 Å². The van der Waals surface area contributed by atoms with Crippen molar-refractivity contribution in [2.75, 3.05) is 0 Å². The topological polar surface area (TPSA) is 90.0 Å². The van der Waals surface area contributed by atoms with E-state index in [2.05, 4.69) is 15.2 Å². The normalized spacial score (nSPS) is 11.6. The second-order valence-electron chi connectivity index (χ2n) is 6.87. The van der Waals surface area contributed by atoms with E-state index in [-0.39, 0.29) is 17.9 Å². The molecular formula is C20H14ClFN6O2. The number of benzene rings is 2. The zero-order valence-electron chi connectivity index (χ0n) is 15.6. The van der Waals surface area contributed by atoms with E-state index in [9.17, 15) is 14.0 Å². The van der Waals surface area contributed by atoms with E-state index in [1.54, 1.807) is 52.4 Å². The fourth-order valence-corrected chi connectivity index (χ4v) is 3.68. The standard InChI is InChI=1S/C20H14ClFN6O2/c1-26-18-15(17(29)23-20(26)30)27(10-11-2-8-14(22)9-3-11)19-25-24-16(28(18)19)12-4-6-13(21)7-5-12/h2-9H,10H2,1H3,(H,23,29,30). The second-order valence-corrected chi connectivity index (χ2v) is 7.31. The molecule has 0 bridgehead atoms. The Labute approximate surface area is 172 Å². The van der Waals surface area contributed by atoms with E-state index in [1.807, 2.05) is 0 Å². The van der Waals surface area contributed by atoms with Crippen molar-refractivity contribution in [1.29, 1.82) is 0 Å². The molecule has 1 N–H and O–H groups in total. The lowest BCUT2D eigenvalue weighted by atomic mass is 10.2. The molecule has 5 rings (SSSR count). The summed E-state index contributed by atoms with van der Waals surface area (Å²) in [5.41, 5.74) is 1.02. The van der Waals surface area contributed by atoms with Crippen LogP contribution in [-0.4, -0.2) is 28.7 Å². The van der Waals surface area contributed by atoms with Gasteiger partial charge in [0.2, 0.25) is 5.78 Å². The van der Waals surface area contributed by atoms with Crippen LogP contribution in [0.3, 0.4) is 0 Å². The molecule has 5 aromatic rings. The second kappa shape index (κ2) is 6.67. The molecule has 150 valence electrons. The molecule has 0 fully saturated rings. The molecule has 3 aromatic heterocycles. The zero-order chi connectivity index (χ0) is 21.0. The number of hydrogen-bond acceptors (Lipinski definition) is 4. The van der Waals surface area contributed by atoms with Crippen molar-refractivity contribution in [1.82, 2.24) is 28.7 Å². The summed E-state index contributed by atoms with van der Waals surface area (Å²) < 4.78 is 18.0. The smallest absolute Gasteiger partial charge is 0.298 e. The Morgan fingerprint density at radius 2 is 1.73 bits per heavy atom. The number of aryl methyl sites for hydroxylation is 1. The van der Waals surface area contributed by atoms with Crippen LogP contribution >= 0.6 is 11.6 Å². The largest absolute Gasteiger partial charge is 0.329 e. The fraction of sp³-hybridized carbons (Fsp3) is 0.100. The monoisotopic (exact) mass is 424 g/mol. The summed E-state index contributed by atoms with van der Waals surface area (Å²) in [5, 5.41) is 9.14. The number of aromatic nitrogens is 6. The summed E-state index contributed by atoms with van der Waals surface area (Å²) in [4.78, 5) is 27.4. The Bertz CT molecular complexity index is 1530. The lowest BCUT2D eigenvalue weighted by molar-refractivity contribution is 0.626. The number of hydrogen-bond donors (Lipinski definition) is 1. The maximum Gasteiger partial charge on any atom is 0.329 e. The Morgan fingerprint density at radius 1 is 1.03 bits per heavy atom. The van der Waals surface area contributed by atoms with E-state index in [0.717, 1.165) is 11.1 Å². The number of fused-ring (bicyclic) bond motifs is 3. The number of imidazole rings is 1. The Hall–Kier alpha value is -3.72. The van der Waals surface area contributed by atoms with Gasteiger partial charge in [0.25, 0.3) is 5.56 Å². The van der Waals surface area contributed by atoms with Gasteiger partial charge in [-0.1, -0.05) is 23.7 Å². The first kappa shape index (κ1) is 18.3. The van der Waals surface area contributed by atoms with Gasteiger partial charge in [0.05, 0.1) is 6.54 Å². The average molecular weight is 425 g/mol. The molecular weight excluding hydrogens is 411 g/mol. The fourth-order valence-electron chi connectivity index (χ4n) is 3.55. The highest BCUT2D eigenvalue weighted by Crippen LogP contribution is 2.26. The van der Waals surface area contributed by atoms with Gasteiger partial charge in [0.1, 0.15) is 5.82 Å². The van der Waals surface area contributed by atoms with Gasteiger partial charge in [0, 0.05) is 17.6 Å². The maximum absolute atomic E-state index is 13.3. The van der Waals surface area contributed by atoms with E-state index in [0.29, 0.717) is 22.3 Å². The molecule has 0 atom stereocenters. The molecule has 0 spiro atoms. The van der Waals surface area contributed by atoms with Crippen molar-refractivity contribution in [3.63, 3.8) is 0 Å². The Morgan fingerprint density at radius 3 is 2.43 bits per heavy atom. The SMILES string of the molecule is Cn1c(=O)[nH]c(=O)c2c1n1c(-c3ccc(Cl)cc3)nnc1n2Cc1ccc(F)cc1.